The highest BCUT2D eigenvalue weighted by molar-refractivity contribution is 5.78. The molecule has 1 aliphatic carbocycles. The second kappa shape index (κ2) is 15.1. The summed E-state index contributed by atoms with van der Waals surface area (Å²) in [4.78, 5) is 21.8. The van der Waals surface area contributed by atoms with Gasteiger partial charge in [-0.1, -0.05) is 6.07 Å². The Kier molecular flexibility index (Phi) is 11.5. The molecule has 0 aromatic carbocycles. The largest absolute Gasteiger partial charge is 0.464 e. The number of esters is 1. The van der Waals surface area contributed by atoms with Crippen LogP contribution in [0.25, 0.3) is 11.3 Å². The van der Waals surface area contributed by atoms with E-state index in [2.05, 4.69) is 36.6 Å². The van der Waals surface area contributed by atoms with Gasteiger partial charge < -0.3 is 24.8 Å². The highest BCUT2D eigenvalue weighted by Gasteiger charge is 2.33. The minimum Gasteiger partial charge on any atom is -0.464 e. The Balaban J connectivity index is 1.28. The molecule has 9 heteroatoms. The predicted octanol–water partition coefficient (Wildman–Crippen LogP) is 5.62. The van der Waals surface area contributed by atoms with Crippen LogP contribution in [-0.2, 0) is 25.4 Å². The molecule has 0 unspecified atom stereocenters. The fraction of sp³-hybridized carbons (Fsp3) is 0.647. The van der Waals surface area contributed by atoms with E-state index in [1.165, 1.54) is 0 Å². The van der Waals surface area contributed by atoms with E-state index < -0.39 is 11.0 Å². The van der Waals surface area contributed by atoms with Crippen molar-refractivity contribution in [1.29, 1.82) is 5.26 Å². The maximum atomic E-state index is 12.1. The monoisotopic (exact) mass is 591 g/mol. The van der Waals surface area contributed by atoms with Gasteiger partial charge in [0.25, 0.3) is 0 Å². The second-order valence-corrected chi connectivity index (χ2v) is 12.8. The highest BCUT2D eigenvalue weighted by Crippen LogP contribution is 2.32. The highest BCUT2D eigenvalue weighted by atomic mass is 16.6. The molecule has 2 aromatic rings. The van der Waals surface area contributed by atoms with E-state index in [1.807, 2.05) is 24.4 Å². The summed E-state index contributed by atoms with van der Waals surface area (Å²) in [5, 5.41) is 16.9. The van der Waals surface area contributed by atoms with Gasteiger partial charge in [0.1, 0.15) is 5.82 Å². The second-order valence-electron chi connectivity index (χ2n) is 12.8. The lowest BCUT2D eigenvalue weighted by Crippen LogP contribution is -2.45. The topological polar surface area (TPSA) is 118 Å². The van der Waals surface area contributed by atoms with Crippen molar-refractivity contribution < 1.29 is 19.0 Å². The van der Waals surface area contributed by atoms with Crippen molar-refractivity contribution in [1.82, 2.24) is 15.3 Å². The number of rotatable bonds is 13. The number of carbonyl (C=O) groups is 1. The Morgan fingerprint density at radius 3 is 2.67 bits per heavy atom. The molecular formula is C34H49N5O4. The lowest BCUT2D eigenvalue weighted by molar-refractivity contribution is -0.168. The predicted molar refractivity (Wildman–Crippen MR) is 168 cm³/mol. The van der Waals surface area contributed by atoms with Crippen molar-refractivity contribution in [3.8, 4) is 17.3 Å². The molecule has 2 fully saturated rings. The maximum Gasteiger partial charge on any atom is 0.337 e. The van der Waals surface area contributed by atoms with Crippen molar-refractivity contribution in [3.63, 3.8) is 0 Å². The van der Waals surface area contributed by atoms with E-state index in [-0.39, 0.29) is 12.0 Å². The summed E-state index contributed by atoms with van der Waals surface area (Å²) in [5.41, 5.74) is 2.87. The third-order valence-electron chi connectivity index (χ3n) is 8.81. The fourth-order valence-electron chi connectivity index (χ4n) is 5.96. The van der Waals surface area contributed by atoms with Crippen LogP contribution in [0.2, 0.25) is 0 Å². The summed E-state index contributed by atoms with van der Waals surface area (Å²) < 4.78 is 16.5. The molecule has 0 amide bonds. The van der Waals surface area contributed by atoms with Gasteiger partial charge in [0.05, 0.1) is 30.4 Å². The maximum absolute atomic E-state index is 12.1. The number of anilines is 1. The molecule has 2 aromatic heterocycles. The zero-order chi connectivity index (χ0) is 30.9. The molecule has 234 valence electrons. The number of carbonyl (C=O) groups excluding carboxylic acids is 1. The summed E-state index contributed by atoms with van der Waals surface area (Å²) in [6.07, 6.45) is 8.92. The Morgan fingerprint density at radius 1 is 1.23 bits per heavy atom. The van der Waals surface area contributed by atoms with Crippen molar-refractivity contribution in [2.75, 3.05) is 38.3 Å². The summed E-state index contributed by atoms with van der Waals surface area (Å²) in [5.74, 6) is 1.05. The molecule has 43 heavy (non-hydrogen) atoms. The third kappa shape index (κ3) is 9.21. The molecule has 9 nitrogen and oxygen atoms in total. The molecule has 1 saturated carbocycles. The number of nitrogens with one attached hydrogen (secondary N) is 2. The number of pyridine rings is 2. The first-order valence-electron chi connectivity index (χ1n) is 15.9. The molecule has 1 atom stereocenters. The average Bonchev–Trinajstić information content (AvgIpc) is 3.02. The molecule has 4 rings (SSSR count). The van der Waals surface area contributed by atoms with E-state index in [9.17, 15) is 10.1 Å². The van der Waals surface area contributed by atoms with Gasteiger partial charge in [-0.05, 0) is 109 Å². The molecule has 2 N–H and O–H groups in total. The normalized spacial score (nSPS) is 21.0. The van der Waals surface area contributed by atoms with Gasteiger partial charge in [0.15, 0.2) is 5.60 Å². The Bertz CT molecular complexity index is 1250. The number of ether oxygens (including phenoxy) is 3. The first-order chi connectivity index (χ1) is 20.6. The van der Waals surface area contributed by atoms with Gasteiger partial charge in [-0.25, -0.2) is 9.78 Å². The number of nitrogens with zero attached hydrogens (tertiary/aromatic N) is 3. The average molecular weight is 592 g/mol. The molecule has 0 bridgehead atoms. The number of aromatic nitrogens is 2. The lowest BCUT2D eigenvalue weighted by Gasteiger charge is -2.32. The summed E-state index contributed by atoms with van der Waals surface area (Å²) >= 11 is 0. The van der Waals surface area contributed by atoms with Crippen LogP contribution in [0.15, 0.2) is 30.5 Å². The fourth-order valence-corrected chi connectivity index (χ4v) is 5.96. The zero-order valence-corrected chi connectivity index (χ0v) is 26.6. The van der Waals surface area contributed by atoms with Crippen LogP contribution in [0.4, 0.5) is 5.82 Å². The number of nitriles is 1. The van der Waals surface area contributed by atoms with Crippen LogP contribution in [0.3, 0.4) is 0 Å². The quantitative estimate of drug-likeness (QED) is 0.286. The number of aryl methyl sites for hydroxylation is 1. The molecule has 3 heterocycles. The van der Waals surface area contributed by atoms with Crippen LogP contribution in [0.1, 0.15) is 77.5 Å². The van der Waals surface area contributed by atoms with Crippen LogP contribution in [0, 0.1) is 29.6 Å². The van der Waals surface area contributed by atoms with E-state index in [4.69, 9.17) is 24.2 Å². The van der Waals surface area contributed by atoms with Gasteiger partial charge in [0.2, 0.25) is 0 Å². The van der Waals surface area contributed by atoms with Gasteiger partial charge in [-0.3, -0.25) is 4.98 Å². The van der Waals surface area contributed by atoms with Crippen LogP contribution in [-0.4, -0.2) is 66.6 Å². The van der Waals surface area contributed by atoms with Gasteiger partial charge in [-0.2, -0.15) is 5.26 Å². The summed E-state index contributed by atoms with van der Waals surface area (Å²) in [6, 6.07) is 11.3. The molecule has 1 aliphatic heterocycles. The van der Waals surface area contributed by atoms with Crippen LogP contribution < -0.4 is 10.6 Å². The van der Waals surface area contributed by atoms with Crippen LogP contribution >= 0.6 is 0 Å². The van der Waals surface area contributed by atoms with Crippen molar-refractivity contribution in [2.45, 2.75) is 97.2 Å². The SMILES string of the molecule is CCOC(=O)C(C)(C)OC[C@H](C)NC1CCC(Cc2cc(-c3cccc(NCC4(C#N)CCOCC4)n3)c(C)cn2)CC1. The van der Waals surface area contributed by atoms with E-state index in [1.54, 1.807) is 20.8 Å². The van der Waals surface area contributed by atoms with Crippen molar-refractivity contribution >= 4 is 11.8 Å². The van der Waals surface area contributed by atoms with E-state index in [0.717, 1.165) is 73.3 Å². The first-order valence-corrected chi connectivity index (χ1v) is 15.9. The third-order valence-corrected chi connectivity index (χ3v) is 8.81. The zero-order valence-electron chi connectivity index (χ0n) is 26.6. The standard InChI is InChI=1S/C34H49N5O4/c1-6-42-32(40)33(4,5)43-21-25(3)38-27-12-10-26(11-13-27)18-28-19-29(24(2)20-36-28)30-8-7-9-31(39-30)37-23-34(22-35)14-16-41-17-15-34/h7-9,19-20,25-27,38H,6,10-18,21,23H2,1-5H3,(H,37,39)/t25-,26?,27?/m0/s1. The number of hydrogen-bond acceptors (Lipinski definition) is 9. The molecule has 0 radical (unpaired) electrons. The Labute approximate surface area is 257 Å². The molecule has 0 spiro atoms. The van der Waals surface area contributed by atoms with Gasteiger partial charge in [-0.15, -0.1) is 0 Å². The van der Waals surface area contributed by atoms with Crippen molar-refractivity contribution in [3.05, 3.63) is 41.7 Å². The molecule has 1 saturated heterocycles. The van der Waals surface area contributed by atoms with E-state index >= 15 is 0 Å². The van der Waals surface area contributed by atoms with Crippen LogP contribution in [0.5, 0.6) is 0 Å². The minimum absolute atomic E-state index is 0.149. The summed E-state index contributed by atoms with van der Waals surface area (Å²) in [6.45, 7) is 12.2. The first kappa shape index (κ1) is 32.8. The lowest BCUT2D eigenvalue weighted by atomic mass is 9.82. The molecule has 2 aliphatic rings. The van der Waals surface area contributed by atoms with Gasteiger partial charge in [0, 0.05) is 49.3 Å². The number of hydrogen-bond donors (Lipinski definition) is 2. The van der Waals surface area contributed by atoms with Gasteiger partial charge >= 0.3 is 5.97 Å². The van der Waals surface area contributed by atoms with E-state index in [0.29, 0.717) is 44.9 Å². The minimum atomic E-state index is -0.943. The van der Waals surface area contributed by atoms with Crippen molar-refractivity contribution in [2.24, 2.45) is 11.3 Å². The molecular weight excluding hydrogens is 542 g/mol. The smallest absolute Gasteiger partial charge is 0.337 e. The Hall–Kier alpha value is -3.06. The summed E-state index contributed by atoms with van der Waals surface area (Å²) in [7, 11) is 0. The Morgan fingerprint density at radius 2 is 1.98 bits per heavy atom.